The molecule has 0 aromatic rings. The van der Waals surface area contributed by atoms with Crippen LogP contribution in [0.3, 0.4) is 0 Å². The van der Waals surface area contributed by atoms with Crippen molar-refractivity contribution in [1.82, 2.24) is 10.6 Å². The fourth-order valence-corrected chi connectivity index (χ4v) is 2.72. The molecule has 4 atom stereocenters. The largest absolute Gasteiger partial charge is 0.388 e. The van der Waals surface area contributed by atoms with Crippen LogP contribution in [-0.2, 0) is 9.47 Å². The molecule has 0 radical (unpaired) electrons. The van der Waals surface area contributed by atoms with Gasteiger partial charge in [-0.25, -0.2) is 0 Å². The first-order valence-electron chi connectivity index (χ1n) is 7.49. The molecule has 2 rings (SSSR count). The Labute approximate surface area is 120 Å². The van der Waals surface area contributed by atoms with Crippen LogP contribution in [0.25, 0.3) is 0 Å². The average Bonchev–Trinajstić information content (AvgIpc) is 2.37. The Balaban J connectivity index is 1.68. The zero-order valence-electron chi connectivity index (χ0n) is 12.5. The summed E-state index contributed by atoms with van der Waals surface area (Å²) in [4.78, 5) is 0. The van der Waals surface area contributed by atoms with Crippen LogP contribution in [-0.4, -0.2) is 73.0 Å². The number of rotatable bonds is 5. The topological polar surface area (TPSA) is 83.0 Å². The minimum Gasteiger partial charge on any atom is -0.388 e. The van der Waals surface area contributed by atoms with Crippen molar-refractivity contribution in [2.75, 3.05) is 39.5 Å². The van der Waals surface area contributed by atoms with Gasteiger partial charge in [0.2, 0.25) is 0 Å². The van der Waals surface area contributed by atoms with Crippen molar-refractivity contribution in [2.24, 2.45) is 0 Å². The lowest BCUT2D eigenvalue weighted by molar-refractivity contribution is -0.0833. The van der Waals surface area contributed by atoms with E-state index >= 15 is 0 Å². The lowest BCUT2D eigenvalue weighted by Crippen LogP contribution is -2.58. The molecule has 118 valence electrons. The monoisotopic (exact) mass is 288 g/mol. The third-order valence-corrected chi connectivity index (χ3v) is 4.48. The Bertz CT molecular complexity index is 280. The molecule has 0 saturated carbocycles. The number of hydrogen-bond acceptors (Lipinski definition) is 6. The summed E-state index contributed by atoms with van der Waals surface area (Å²) in [6, 6.07) is -0.0812. The summed E-state index contributed by atoms with van der Waals surface area (Å²) in [6.07, 6.45) is 1.31. The molecular weight excluding hydrogens is 260 g/mol. The van der Waals surface area contributed by atoms with E-state index in [1.54, 1.807) is 0 Å². The lowest BCUT2D eigenvalue weighted by atomic mass is 9.91. The normalized spacial score (nSPS) is 42.6. The van der Waals surface area contributed by atoms with E-state index in [4.69, 9.17) is 9.47 Å². The van der Waals surface area contributed by atoms with Gasteiger partial charge in [0.1, 0.15) is 0 Å². The van der Waals surface area contributed by atoms with Crippen molar-refractivity contribution in [3.05, 3.63) is 0 Å². The van der Waals surface area contributed by atoms with Crippen LogP contribution < -0.4 is 10.6 Å². The SMILES string of the molecule is C[C@]1(O)CCOC[C@@H]1NCCN[C@@H]1COCC[C@]1(C)O. The van der Waals surface area contributed by atoms with Gasteiger partial charge in [0.05, 0.1) is 36.5 Å². The summed E-state index contributed by atoms with van der Waals surface area (Å²) in [5.41, 5.74) is -1.42. The van der Waals surface area contributed by atoms with Gasteiger partial charge < -0.3 is 30.3 Å². The van der Waals surface area contributed by atoms with Crippen molar-refractivity contribution in [3.8, 4) is 0 Å². The zero-order valence-corrected chi connectivity index (χ0v) is 12.5. The Morgan fingerprint density at radius 3 is 1.65 bits per heavy atom. The van der Waals surface area contributed by atoms with Gasteiger partial charge >= 0.3 is 0 Å². The highest BCUT2D eigenvalue weighted by atomic mass is 16.5. The van der Waals surface area contributed by atoms with Gasteiger partial charge in [0.15, 0.2) is 0 Å². The molecule has 2 fully saturated rings. The van der Waals surface area contributed by atoms with Crippen LogP contribution in [0.4, 0.5) is 0 Å². The molecule has 0 spiro atoms. The van der Waals surface area contributed by atoms with E-state index in [2.05, 4.69) is 10.6 Å². The van der Waals surface area contributed by atoms with Crippen molar-refractivity contribution in [3.63, 3.8) is 0 Å². The molecule has 0 unspecified atom stereocenters. The van der Waals surface area contributed by atoms with Crippen molar-refractivity contribution in [2.45, 2.75) is 50.0 Å². The molecule has 2 saturated heterocycles. The van der Waals surface area contributed by atoms with E-state index in [0.29, 0.717) is 39.3 Å². The second-order valence-electron chi connectivity index (χ2n) is 6.38. The molecule has 0 amide bonds. The van der Waals surface area contributed by atoms with Gasteiger partial charge in [-0.1, -0.05) is 0 Å². The Hall–Kier alpha value is -0.240. The van der Waals surface area contributed by atoms with Crippen LogP contribution in [0, 0.1) is 0 Å². The molecule has 6 nitrogen and oxygen atoms in total. The Morgan fingerprint density at radius 1 is 0.900 bits per heavy atom. The highest BCUT2D eigenvalue weighted by molar-refractivity contribution is 4.92. The van der Waals surface area contributed by atoms with Crippen LogP contribution in [0.2, 0.25) is 0 Å². The van der Waals surface area contributed by atoms with Gasteiger partial charge in [-0.05, 0) is 13.8 Å². The molecule has 0 aromatic heterocycles. The average molecular weight is 288 g/mol. The third-order valence-electron chi connectivity index (χ3n) is 4.48. The highest BCUT2D eigenvalue weighted by Gasteiger charge is 2.36. The molecular formula is C14H28N2O4. The maximum Gasteiger partial charge on any atom is 0.0816 e. The van der Waals surface area contributed by atoms with Gasteiger partial charge in [-0.2, -0.15) is 0 Å². The van der Waals surface area contributed by atoms with Crippen molar-refractivity contribution < 1.29 is 19.7 Å². The quantitative estimate of drug-likeness (QED) is 0.498. The number of hydrogen-bond donors (Lipinski definition) is 4. The maximum atomic E-state index is 10.2. The molecule has 6 heteroatoms. The summed E-state index contributed by atoms with van der Waals surface area (Å²) in [6.45, 7) is 7.44. The molecule has 2 aliphatic heterocycles. The fraction of sp³-hybridized carbons (Fsp3) is 1.00. The van der Waals surface area contributed by atoms with E-state index in [1.807, 2.05) is 13.8 Å². The zero-order chi connectivity index (χ0) is 14.6. The smallest absolute Gasteiger partial charge is 0.0816 e. The van der Waals surface area contributed by atoms with Crippen LogP contribution in [0.5, 0.6) is 0 Å². The van der Waals surface area contributed by atoms with Crippen molar-refractivity contribution >= 4 is 0 Å². The van der Waals surface area contributed by atoms with Gasteiger partial charge in [0, 0.05) is 39.1 Å². The second-order valence-corrected chi connectivity index (χ2v) is 6.38. The first-order chi connectivity index (χ1) is 9.42. The summed E-state index contributed by atoms with van der Waals surface area (Å²) in [7, 11) is 0. The van der Waals surface area contributed by atoms with Gasteiger partial charge in [-0.3, -0.25) is 0 Å². The van der Waals surface area contributed by atoms with Crippen molar-refractivity contribution in [1.29, 1.82) is 0 Å². The van der Waals surface area contributed by atoms with Crippen LogP contribution >= 0.6 is 0 Å². The van der Waals surface area contributed by atoms with Crippen LogP contribution in [0.1, 0.15) is 26.7 Å². The minimum atomic E-state index is -0.711. The molecule has 2 heterocycles. The standard InChI is InChI=1S/C14H28N2O4/c1-13(17)3-7-19-9-11(13)15-5-6-16-12-10-20-8-4-14(12,2)18/h11-12,15-18H,3-10H2,1-2H3/t11-,12+,13-,14-/m0/s1. The number of nitrogens with one attached hydrogen (secondary N) is 2. The maximum absolute atomic E-state index is 10.2. The van der Waals surface area contributed by atoms with E-state index < -0.39 is 11.2 Å². The number of ether oxygens (including phenoxy) is 2. The first kappa shape index (κ1) is 16.1. The summed E-state index contributed by atoms with van der Waals surface area (Å²) < 4.78 is 10.8. The molecule has 0 aliphatic carbocycles. The van der Waals surface area contributed by atoms with E-state index in [-0.39, 0.29) is 12.1 Å². The Morgan fingerprint density at radius 2 is 1.30 bits per heavy atom. The first-order valence-corrected chi connectivity index (χ1v) is 7.49. The molecule has 0 bridgehead atoms. The molecule has 4 N–H and O–H groups in total. The van der Waals surface area contributed by atoms with Gasteiger partial charge in [0.25, 0.3) is 0 Å². The second kappa shape index (κ2) is 6.68. The third kappa shape index (κ3) is 4.13. The fourth-order valence-electron chi connectivity index (χ4n) is 2.72. The summed E-state index contributed by atoms with van der Waals surface area (Å²) >= 11 is 0. The van der Waals surface area contributed by atoms with E-state index in [9.17, 15) is 10.2 Å². The molecule has 2 aliphatic rings. The number of aliphatic hydroxyl groups is 2. The van der Waals surface area contributed by atoms with Crippen LogP contribution in [0.15, 0.2) is 0 Å². The summed E-state index contributed by atoms with van der Waals surface area (Å²) in [5, 5.41) is 27.1. The molecule has 0 aromatic carbocycles. The van der Waals surface area contributed by atoms with Gasteiger partial charge in [-0.15, -0.1) is 0 Å². The summed E-state index contributed by atoms with van der Waals surface area (Å²) in [5.74, 6) is 0. The predicted octanol–water partition coefficient (Wildman–Crippen LogP) is -0.755. The lowest BCUT2D eigenvalue weighted by Gasteiger charge is -2.39. The van der Waals surface area contributed by atoms with E-state index in [0.717, 1.165) is 13.1 Å². The molecule has 20 heavy (non-hydrogen) atoms. The minimum absolute atomic E-state index is 0.0406. The predicted molar refractivity (Wildman–Crippen MR) is 75.7 cm³/mol. The Kier molecular flexibility index (Phi) is 5.39. The highest BCUT2D eigenvalue weighted by Crippen LogP contribution is 2.21. The van der Waals surface area contributed by atoms with E-state index in [1.165, 1.54) is 0 Å².